The van der Waals surface area contributed by atoms with E-state index in [4.69, 9.17) is 11.1 Å². The van der Waals surface area contributed by atoms with E-state index >= 15 is 0 Å². The highest BCUT2D eigenvalue weighted by Gasteiger charge is 2.28. The maximum absolute atomic E-state index is 7.61. The Morgan fingerprint density at radius 3 is 2.56 bits per heavy atom. The summed E-state index contributed by atoms with van der Waals surface area (Å²) in [6.45, 7) is 6.12. The number of rotatable bonds is 2. The number of nitrogen functional groups attached to an aromatic ring is 1. The number of nitrogens with one attached hydrogen (secondary N) is 1. The lowest BCUT2D eigenvalue weighted by atomic mass is 10.1. The predicted octanol–water partition coefficient (Wildman–Crippen LogP) is 0.289. The summed E-state index contributed by atoms with van der Waals surface area (Å²) in [4.78, 5) is 4.51. The molecule has 0 saturated carbocycles. The molecule has 0 bridgehead atoms. The summed E-state index contributed by atoms with van der Waals surface area (Å²) in [6, 6.07) is 2.63. The van der Waals surface area contributed by atoms with E-state index in [1.807, 2.05) is 0 Å². The van der Waals surface area contributed by atoms with Crippen molar-refractivity contribution in [3.8, 4) is 0 Å². The van der Waals surface area contributed by atoms with Crippen molar-refractivity contribution in [3.05, 3.63) is 17.8 Å². The van der Waals surface area contributed by atoms with E-state index in [2.05, 4.69) is 40.9 Å². The molecule has 2 heterocycles. The molecule has 0 amide bonds. The van der Waals surface area contributed by atoms with Crippen molar-refractivity contribution >= 4 is 11.7 Å². The Kier molecular flexibility index (Phi) is 3.47. The third kappa shape index (κ3) is 2.28. The number of hydrogen-bond donors (Lipinski definition) is 2. The van der Waals surface area contributed by atoms with Gasteiger partial charge in [-0.3, -0.25) is 10.3 Å². The minimum atomic E-state index is 0.0409. The maximum atomic E-state index is 7.61. The largest absolute Gasteiger partial charge is 0.384 e. The number of piperazine rings is 1. The van der Waals surface area contributed by atoms with Crippen molar-refractivity contribution < 1.29 is 0 Å². The second-order valence-corrected chi connectivity index (χ2v) is 4.95. The van der Waals surface area contributed by atoms with E-state index in [-0.39, 0.29) is 5.84 Å². The SMILES string of the molecule is CC1CN(c2nnccc2C(=N)N)CC(C)N1C. The molecular formula is C12H20N6. The number of aromatic nitrogens is 2. The highest BCUT2D eigenvalue weighted by atomic mass is 15.3. The molecule has 6 nitrogen and oxygen atoms in total. The molecule has 98 valence electrons. The van der Waals surface area contributed by atoms with E-state index in [1.165, 1.54) is 0 Å². The fourth-order valence-electron chi connectivity index (χ4n) is 2.35. The fourth-order valence-corrected chi connectivity index (χ4v) is 2.35. The monoisotopic (exact) mass is 248 g/mol. The standard InChI is InChI=1S/C12H20N6/c1-8-6-18(7-9(2)17(8)3)12-10(11(13)14)4-5-15-16-12/h4-5,8-9H,6-7H2,1-3H3,(H3,13,14). The third-order valence-electron chi connectivity index (χ3n) is 3.65. The van der Waals surface area contributed by atoms with Gasteiger partial charge in [-0.05, 0) is 27.0 Å². The molecule has 0 radical (unpaired) electrons. The van der Waals surface area contributed by atoms with Crippen LogP contribution in [0.5, 0.6) is 0 Å². The Morgan fingerprint density at radius 2 is 2.00 bits per heavy atom. The molecule has 0 spiro atoms. The summed E-state index contributed by atoms with van der Waals surface area (Å²) in [5, 5.41) is 15.7. The molecule has 3 N–H and O–H groups in total. The highest BCUT2D eigenvalue weighted by molar-refractivity contribution is 5.99. The molecule has 1 aromatic rings. The summed E-state index contributed by atoms with van der Waals surface area (Å²) < 4.78 is 0. The lowest BCUT2D eigenvalue weighted by Crippen LogP contribution is -2.55. The molecular weight excluding hydrogens is 228 g/mol. The van der Waals surface area contributed by atoms with Crippen molar-refractivity contribution in [1.82, 2.24) is 15.1 Å². The average Bonchev–Trinajstić information content (AvgIpc) is 2.35. The predicted molar refractivity (Wildman–Crippen MR) is 71.9 cm³/mol. The first kappa shape index (κ1) is 12.8. The van der Waals surface area contributed by atoms with Gasteiger partial charge in [0.25, 0.3) is 0 Å². The fraction of sp³-hybridized carbons (Fsp3) is 0.583. The molecule has 1 fully saturated rings. The van der Waals surface area contributed by atoms with Crippen LogP contribution in [-0.4, -0.2) is 53.2 Å². The number of likely N-dealkylation sites (N-methyl/N-ethyl adjacent to an activating group) is 1. The molecule has 0 aliphatic carbocycles. The molecule has 2 atom stereocenters. The first-order chi connectivity index (χ1) is 8.50. The average molecular weight is 248 g/mol. The van der Waals surface area contributed by atoms with Crippen molar-refractivity contribution in [2.24, 2.45) is 5.73 Å². The van der Waals surface area contributed by atoms with Crippen LogP contribution in [0.2, 0.25) is 0 Å². The molecule has 0 aromatic carbocycles. The third-order valence-corrected chi connectivity index (χ3v) is 3.65. The molecule has 2 rings (SSSR count). The van der Waals surface area contributed by atoms with Gasteiger partial charge in [-0.15, -0.1) is 5.10 Å². The van der Waals surface area contributed by atoms with Gasteiger partial charge in [0.1, 0.15) is 5.84 Å². The van der Waals surface area contributed by atoms with E-state index in [9.17, 15) is 0 Å². The first-order valence-corrected chi connectivity index (χ1v) is 6.13. The minimum absolute atomic E-state index is 0.0409. The van der Waals surface area contributed by atoms with Crippen LogP contribution in [0.15, 0.2) is 12.3 Å². The zero-order valence-electron chi connectivity index (χ0n) is 11.1. The van der Waals surface area contributed by atoms with E-state index in [1.54, 1.807) is 12.3 Å². The second-order valence-electron chi connectivity index (χ2n) is 4.95. The number of amidine groups is 1. The maximum Gasteiger partial charge on any atom is 0.162 e. The van der Waals surface area contributed by atoms with Crippen molar-refractivity contribution in [1.29, 1.82) is 5.41 Å². The normalized spacial score (nSPS) is 25.2. The number of nitrogens with two attached hydrogens (primary N) is 1. The van der Waals surface area contributed by atoms with Gasteiger partial charge in [0, 0.05) is 25.2 Å². The van der Waals surface area contributed by atoms with Crippen LogP contribution in [0, 0.1) is 5.41 Å². The second kappa shape index (κ2) is 4.89. The number of anilines is 1. The van der Waals surface area contributed by atoms with Crippen molar-refractivity contribution in [3.63, 3.8) is 0 Å². The Hall–Kier alpha value is -1.69. The molecule has 1 aliphatic heterocycles. The van der Waals surface area contributed by atoms with Gasteiger partial charge < -0.3 is 10.6 Å². The smallest absolute Gasteiger partial charge is 0.162 e. The Labute approximate surface area is 107 Å². The number of nitrogens with zero attached hydrogens (tertiary/aromatic N) is 4. The summed E-state index contributed by atoms with van der Waals surface area (Å²) in [7, 11) is 2.13. The Balaban J connectivity index is 2.30. The van der Waals surface area contributed by atoms with Crippen LogP contribution >= 0.6 is 0 Å². The summed E-state index contributed by atoms with van der Waals surface area (Å²) in [6.07, 6.45) is 1.57. The molecule has 1 aliphatic rings. The van der Waals surface area contributed by atoms with Crippen molar-refractivity contribution in [2.75, 3.05) is 25.0 Å². The van der Waals surface area contributed by atoms with Gasteiger partial charge in [0.15, 0.2) is 5.82 Å². The van der Waals surface area contributed by atoms with Crippen molar-refractivity contribution in [2.45, 2.75) is 25.9 Å². The minimum Gasteiger partial charge on any atom is -0.384 e. The van der Waals surface area contributed by atoms with Gasteiger partial charge in [-0.1, -0.05) is 0 Å². The molecule has 1 aromatic heterocycles. The molecule has 2 unspecified atom stereocenters. The first-order valence-electron chi connectivity index (χ1n) is 6.13. The summed E-state index contributed by atoms with van der Waals surface area (Å²) in [5.74, 6) is 0.760. The lowest BCUT2D eigenvalue weighted by Gasteiger charge is -2.43. The highest BCUT2D eigenvalue weighted by Crippen LogP contribution is 2.21. The van der Waals surface area contributed by atoms with Crippen LogP contribution in [0.4, 0.5) is 5.82 Å². The van der Waals surface area contributed by atoms with Gasteiger partial charge in [-0.2, -0.15) is 5.10 Å². The number of hydrogen-bond acceptors (Lipinski definition) is 5. The van der Waals surface area contributed by atoms with Crippen LogP contribution < -0.4 is 10.6 Å². The van der Waals surface area contributed by atoms with Crippen LogP contribution in [0.25, 0.3) is 0 Å². The Morgan fingerprint density at radius 1 is 1.39 bits per heavy atom. The zero-order chi connectivity index (χ0) is 13.3. The summed E-state index contributed by atoms with van der Waals surface area (Å²) in [5.41, 5.74) is 6.26. The molecule has 6 heteroatoms. The quantitative estimate of drug-likeness (QED) is 0.580. The Bertz CT molecular complexity index is 434. The molecule has 18 heavy (non-hydrogen) atoms. The van der Waals surface area contributed by atoms with Gasteiger partial charge in [0.05, 0.1) is 11.8 Å². The van der Waals surface area contributed by atoms with Crippen LogP contribution in [-0.2, 0) is 0 Å². The lowest BCUT2D eigenvalue weighted by molar-refractivity contribution is 0.169. The summed E-state index contributed by atoms with van der Waals surface area (Å²) >= 11 is 0. The topological polar surface area (TPSA) is 82.1 Å². The molecule has 1 saturated heterocycles. The van der Waals surface area contributed by atoms with E-state index in [0.29, 0.717) is 17.6 Å². The van der Waals surface area contributed by atoms with Crippen LogP contribution in [0.1, 0.15) is 19.4 Å². The van der Waals surface area contributed by atoms with Gasteiger partial charge >= 0.3 is 0 Å². The van der Waals surface area contributed by atoms with E-state index < -0.39 is 0 Å². The van der Waals surface area contributed by atoms with E-state index in [0.717, 1.165) is 18.9 Å². The van der Waals surface area contributed by atoms with Gasteiger partial charge in [0.2, 0.25) is 0 Å². The van der Waals surface area contributed by atoms with Crippen LogP contribution in [0.3, 0.4) is 0 Å². The zero-order valence-corrected chi connectivity index (χ0v) is 11.1. The van der Waals surface area contributed by atoms with Gasteiger partial charge in [-0.25, -0.2) is 0 Å².